The van der Waals surface area contributed by atoms with E-state index in [1.54, 1.807) is 24.6 Å². The third-order valence-electron chi connectivity index (χ3n) is 7.51. The molecule has 43 heavy (non-hydrogen) atoms. The molecule has 12 heteroatoms. The summed E-state index contributed by atoms with van der Waals surface area (Å²) in [6.45, 7) is 15.0. The average molecular weight is 608 g/mol. The number of benzene rings is 1. The number of ether oxygens (including phenoxy) is 3. The molecule has 2 saturated heterocycles. The van der Waals surface area contributed by atoms with Crippen molar-refractivity contribution in [1.82, 2.24) is 24.9 Å². The number of hydrogen-bond acceptors (Lipinski definition) is 10. The SMILES string of the molecule is C=C(/N=C(\c1sc(CN2CCN(/C(C=O)=C(/COC)OC(C)C)CC2)cc1N)N1CCOCC1)c1cccc2[nH]ncc12. The predicted octanol–water partition coefficient (Wildman–Crippen LogP) is 3.56. The van der Waals surface area contributed by atoms with E-state index in [1.807, 2.05) is 32.0 Å². The average Bonchev–Trinajstić information content (AvgIpc) is 3.63. The Bertz CT molecular complexity index is 1480. The number of H-pyrrole nitrogens is 1. The second-order valence-corrected chi connectivity index (χ2v) is 12.0. The van der Waals surface area contributed by atoms with E-state index < -0.39 is 0 Å². The van der Waals surface area contributed by atoms with Gasteiger partial charge in [0.1, 0.15) is 23.9 Å². The second kappa shape index (κ2) is 14.2. The number of thiophene rings is 1. The minimum atomic E-state index is -0.0396. The van der Waals surface area contributed by atoms with E-state index in [0.717, 1.165) is 79.3 Å². The van der Waals surface area contributed by atoms with Gasteiger partial charge in [-0.1, -0.05) is 18.7 Å². The molecule has 2 aliphatic rings. The van der Waals surface area contributed by atoms with Crippen molar-refractivity contribution in [2.75, 3.05) is 71.9 Å². The summed E-state index contributed by atoms with van der Waals surface area (Å²) in [5, 5.41) is 8.19. The van der Waals surface area contributed by atoms with Gasteiger partial charge in [0.05, 0.1) is 47.3 Å². The number of aldehydes is 1. The van der Waals surface area contributed by atoms with E-state index in [1.165, 1.54) is 4.88 Å². The fraction of sp³-hybridized carbons (Fsp3) is 0.452. The number of nitrogens with two attached hydrogens (primary N) is 1. The Balaban J connectivity index is 1.33. The van der Waals surface area contributed by atoms with Crippen LogP contribution in [-0.2, 0) is 25.5 Å². The maximum Gasteiger partial charge on any atom is 0.169 e. The van der Waals surface area contributed by atoms with E-state index >= 15 is 0 Å². The number of aromatic amines is 1. The lowest BCUT2D eigenvalue weighted by molar-refractivity contribution is -0.107. The lowest BCUT2D eigenvalue weighted by Crippen LogP contribution is -2.46. The molecule has 2 fully saturated rings. The summed E-state index contributed by atoms with van der Waals surface area (Å²) in [4.78, 5) is 25.9. The molecule has 2 aliphatic heterocycles. The number of fused-ring (bicyclic) bond motifs is 1. The number of piperazine rings is 1. The van der Waals surface area contributed by atoms with Gasteiger partial charge in [0, 0.05) is 68.7 Å². The van der Waals surface area contributed by atoms with Crippen molar-refractivity contribution in [3.8, 4) is 0 Å². The lowest BCUT2D eigenvalue weighted by Gasteiger charge is -2.36. The van der Waals surface area contributed by atoms with Crippen LogP contribution in [0.15, 0.2) is 53.5 Å². The highest BCUT2D eigenvalue weighted by Gasteiger charge is 2.25. The van der Waals surface area contributed by atoms with Crippen LogP contribution in [0.1, 0.15) is 29.2 Å². The summed E-state index contributed by atoms with van der Waals surface area (Å²) >= 11 is 1.67. The van der Waals surface area contributed by atoms with E-state index in [4.69, 9.17) is 24.9 Å². The van der Waals surface area contributed by atoms with Gasteiger partial charge < -0.3 is 29.7 Å². The molecule has 1 aromatic carbocycles. The molecule has 0 atom stereocenters. The highest BCUT2D eigenvalue weighted by molar-refractivity contribution is 7.14. The molecule has 0 bridgehead atoms. The molecule has 5 rings (SSSR count). The number of amidine groups is 1. The number of aliphatic imine (C=N–C) groups is 1. The number of aromatic nitrogens is 2. The number of nitrogens with one attached hydrogen (secondary N) is 1. The van der Waals surface area contributed by atoms with Gasteiger partial charge in [-0.25, -0.2) is 4.99 Å². The molecule has 0 unspecified atom stereocenters. The van der Waals surface area contributed by atoms with E-state index in [9.17, 15) is 4.79 Å². The Kier molecular flexibility index (Phi) is 10.1. The minimum Gasteiger partial charge on any atom is -0.491 e. The van der Waals surface area contributed by atoms with Gasteiger partial charge in [-0.05, 0) is 26.0 Å². The number of morpholine rings is 1. The van der Waals surface area contributed by atoms with Crippen molar-refractivity contribution in [3.05, 3.63) is 63.8 Å². The Morgan fingerprint density at radius 2 is 1.98 bits per heavy atom. The van der Waals surface area contributed by atoms with Crippen molar-refractivity contribution in [2.24, 2.45) is 4.99 Å². The summed E-state index contributed by atoms with van der Waals surface area (Å²) < 4.78 is 16.8. The number of anilines is 1. The molecular formula is C31H41N7O4S. The van der Waals surface area contributed by atoms with Gasteiger partial charge in [-0.15, -0.1) is 11.3 Å². The van der Waals surface area contributed by atoms with Gasteiger partial charge in [0.2, 0.25) is 0 Å². The number of nitrogen functional groups attached to an aromatic ring is 1. The fourth-order valence-corrected chi connectivity index (χ4v) is 6.57. The van der Waals surface area contributed by atoms with Crippen LogP contribution in [0.2, 0.25) is 0 Å². The summed E-state index contributed by atoms with van der Waals surface area (Å²) in [5.41, 5.74) is 10.5. The molecule has 11 nitrogen and oxygen atoms in total. The Labute approximate surface area is 256 Å². The maximum absolute atomic E-state index is 12.0. The highest BCUT2D eigenvalue weighted by Crippen LogP contribution is 2.31. The van der Waals surface area contributed by atoms with Crippen molar-refractivity contribution in [1.29, 1.82) is 0 Å². The van der Waals surface area contributed by atoms with Crippen molar-refractivity contribution < 1.29 is 19.0 Å². The van der Waals surface area contributed by atoms with Crippen LogP contribution in [-0.4, -0.2) is 109 Å². The molecule has 0 aliphatic carbocycles. The largest absolute Gasteiger partial charge is 0.491 e. The number of rotatable bonds is 11. The van der Waals surface area contributed by atoms with Crippen LogP contribution >= 0.6 is 11.3 Å². The minimum absolute atomic E-state index is 0.0396. The van der Waals surface area contributed by atoms with Crippen molar-refractivity contribution in [2.45, 2.75) is 26.5 Å². The quantitative estimate of drug-likeness (QED) is 0.111. The molecule has 3 N–H and O–H groups in total. The first-order valence-electron chi connectivity index (χ1n) is 14.6. The second-order valence-electron chi connectivity index (χ2n) is 10.9. The fourth-order valence-electron chi connectivity index (χ4n) is 5.43. The third-order valence-corrected chi connectivity index (χ3v) is 8.64. The lowest BCUT2D eigenvalue weighted by atomic mass is 10.1. The van der Waals surface area contributed by atoms with Crippen LogP contribution in [0.4, 0.5) is 5.69 Å². The zero-order chi connectivity index (χ0) is 30.3. The standard InChI is InChI=1S/C31H41N7O4S/c1-21(2)42-29(20-40-4)28(19-39)37-10-8-36(9-11-37)18-23-16-26(32)30(43-23)31(38-12-14-41-15-13-38)34-22(3)24-6-5-7-27-25(24)17-33-35-27/h5-7,16-17,19,21H,3,8-15,18,20,32H2,1-2,4H3,(H,33,35)/b29-28-,34-31+. The van der Waals surface area contributed by atoms with Crippen LogP contribution in [0, 0.1) is 0 Å². The van der Waals surface area contributed by atoms with Crippen LogP contribution in [0.3, 0.4) is 0 Å². The molecule has 4 heterocycles. The smallest absolute Gasteiger partial charge is 0.169 e. The summed E-state index contributed by atoms with van der Waals surface area (Å²) in [5.74, 6) is 1.40. The van der Waals surface area contributed by atoms with Crippen LogP contribution in [0.5, 0.6) is 0 Å². The number of carbonyl (C=O) groups excluding carboxylic acids is 1. The topological polar surface area (TPSA) is 122 Å². The number of carbonyl (C=O) groups is 1. The van der Waals surface area contributed by atoms with Gasteiger partial charge in [-0.3, -0.25) is 14.8 Å². The first kappa shape index (κ1) is 30.7. The zero-order valence-electron chi connectivity index (χ0n) is 25.2. The molecule has 0 spiro atoms. The van der Waals surface area contributed by atoms with Crippen molar-refractivity contribution in [3.63, 3.8) is 0 Å². The summed E-state index contributed by atoms with van der Waals surface area (Å²) in [6, 6.07) is 8.04. The molecule has 0 saturated carbocycles. The van der Waals surface area contributed by atoms with Crippen LogP contribution in [0.25, 0.3) is 16.6 Å². The van der Waals surface area contributed by atoms with E-state index in [2.05, 4.69) is 37.5 Å². The third kappa shape index (κ3) is 7.27. The first-order valence-corrected chi connectivity index (χ1v) is 15.4. The van der Waals surface area contributed by atoms with Gasteiger partial charge >= 0.3 is 0 Å². The predicted molar refractivity (Wildman–Crippen MR) is 171 cm³/mol. The van der Waals surface area contributed by atoms with Gasteiger partial charge in [0.25, 0.3) is 0 Å². The molecule has 0 amide bonds. The van der Waals surface area contributed by atoms with E-state index in [0.29, 0.717) is 36.1 Å². The highest BCUT2D eigenvalue weighted by atomic mass is 32.1. The maximum atomic E-state index is 12.0. The molecular weight excluding hydrogens is 566 g/mol. The number of methoxy groups -OCH3 is 1. The van der Waals surface area contributed by atoms with Crippen LogP contribution < -0.4 is 5.73 Å². The summed E-state index contributed by atoms with van der Waals surface area (Å²) in [7, 11) is 1.61. The number of nitrogens with zero attached hydrogens (tertiary/aromatic N) is 5. The van der Waals surface area contributed by atoms with E-state index in [-0.39, 0.29) is 12.7 Å². The molecule has 0 radical (unpaired) electrons. The molecule has 3 aromatic rings. The Morgan fingerprint density at radius 3 is 2.67 bits per heavy atom. The Hall–Kier alpha value is -3.71. The zero-order valence-corrected chi connectivity index (χ0v) is 26.0. The molecule has 230 valence electrons. The first-order chi connectivity index (χ1) is 20.9. The normalized spacial score (nSPS) is 17.4. The number of hydrogen-bond donors (Lipinski definition) is 2. The van der Waals surface area contributed by atoms with Gasteiger partial charge in [-0.2, -0.15) is 5.10 Å². The molecule has 2 aromatic heterocycles. The van der Waals surface area contributed by atoms with Gasteiger partial charge in [0.15, 0.2) is 6.29 Å². The monoisotopic (exact) mass is 607 g/mol. The summed E-state index contributed by atoms with van der Waals surface area (Å²) in [6.07, 6.45) is 2.65. The van der Waals surface area contributed by atoms with Crippen molar-refractivity contribution >= 4 is 45.7 Å². The Morgan fingerprint density at radius 1 is 1.21 bits per heavy atom. The number of allylic oxidation sites excluding steroid dienone is 1.